The number of hydrogen-bond donors (Lipinski definition) is 0. The van der Waals surface area contributed by atoms with E-state index in [1.54, 1.807) is 32.0 Å². The van der Waals surface area contributed by atoms with Crippen LogP contribution in [0.5, 0.6) is 0 Å². The fourth-order valence-corrected chi connectivity index (χ4v) is 5.37. The van der Waals surface area contributed by atoms with Crippen molar-refractivity contribution in [3.8, 4) is 0 Å². The quantitative estimate of drug-likeness (QED) is 0.828. The lowest BCUT2D eigenvalue weighted by atomic mass is 10.00. The van der Waals surface area contributed by atoms with Crippen LogP contribution in [0, 0.1) is 12.8 Å². The summed E-state index contributed by atoms with van der Waals surface area (Å²) in [5.74, 6) is 0.110. The molecule has 0 aromatic heterocycles. The number of carbonyl (C=O) groups is 1. The van der Waals surface area contributed by atoms with Crippen molar-refractivity contribution in [1.29, 1.82) is 0 Å². The van der Waals surface area contributed by atoms with E-state index in [0.29, 0.717) is 11.5 Å². The van der Waals surface area contributed by atoms with Gasteiger partial charge in [-0.2, -0.15) is 0 Å². The molecule has 1 aliphatic rings. The van der Waals surface area contributed by atoms with E-state index in [1.165, 1.54) is 5.56 Å². The third-order valence-corrected chi connectivity index (χ3v) is 6.67. The maximum atomic E-state index is 12.9. The molecule has 0 spiro atoms. The Bertz CT molecular complexity index is 914. The highest BCUT2D eigenvalue weighted by Gasteiger charge is 2.44. The minimum absolute atomic E-state index is 0.142. The van der Waals surface area contributed by atoms with Gasteiger partial charge in [0.2, 0.25) is 0 Å². The van der Waals surface area contributed by atoms with Gasteiger partial charge < -0.3 is 0 Å². The zero-order valence-electron chi connectivity index (χ0n) is 15.0. The topological polar surface area (TPSA) is 54.5 Å². The normalized spacial score (nSPS) is 17.0. The summed E-state index contributed by atoms with van der Waals surface area (Å²) in [6, 6.07) is 12.3. The van der Waals surface area contributed by atoms with Gasteiger partial charge >= 0.3 is 0 Å². The van der Waals surface area contributed by atoms with E-state index in [4.69, 9.17) is 0 Å². The van der Waals surface area contributed by atoms with E-state index in [0.717, 1.165) is 16.3 Å². The largest absolute Gasteiger partial charge is 0.269 e. The summed E-state index contributed by atoms with van der Waals surface area (Å²) in [4.78, 5) is 12.9. The van der Waals surface area contributed by atoms with E-state index in [2.05, 4.69) is 13.8 Å². The lowest BCUT2D eigenvalue weighted by Gasteiger charge is -2.24. The van der Waals surface area contributed by atoms with Crippen LogP contribution in [-0.2, 0) is 16.4 Å². The number of aryl methyl sites for hydroxylation is 1. The van der Waals surface area contributed by atoms with Crippen LogP contribution in [0.3, 0.4) is 0 Å². The number of benzene rings is 2. The van der Waals surface area contributed by atoms with Gasteiger partial charge in [-0.25, -0.2) is 12.7 Å². The molecule has 25 heavy (non-hydrogen) atoms. The highest BCUT2D eigenvalue weighted by molar-refractivity contribution is 7.90. The van der Waals surface area contributed by atoms with Gasteiger partial charge in [-0.1, -0.05) is 50.2 Å². The Morgan fingerprint density at radius 1 is 1.00 bits per heavy atom. The molecule has 3 rings (SSSR count). The van der Waals surface area contributed by atoms with Gasteiger partial charge in [0.25, 0.3) is 15.9 Å². The smallest absolute Gasteiger partial charge is 0.268 e. The number of rotatable bonds is 4. The number of amides is 1. The molecule has 0 radical (unpaired) electrons. The molecule has 4 nitrogen and oxygen atoms in total. The average molecular weight is 357 g/mol. The van der Waals surface area contributed by atoms with Crippen LogP contribution < -0.4 is 0 Å². The summed E-state index contributed by atoms with van der Waals surface area (Å²) in [6.45, 7) is 7.80. The van der Waals surface area contributed by atoms with Gasteiger partial charge in [0.15, 0.2) is 0 Å². The maximum Gasteiger partial charge on any atom is 0.269 e. The van der Waals surface area contributed by atoms with E-state index >= 15 is 0 Å². The molecular formula is C20H23NO3S. The Balaban J connectivity index is 1.97. The number of fused-ring (bicyclic) bond motifs is 1. The van der Waals surface area contributed by atoms with Crippen LogP contribution in [0.25, 0.3) is 0 Å². The van der Waals surface area contributed by atoms with Crippen molar-refractivity contribution >= 4 is 15.9 Å². The summed E-state index contributed by atoms with van der Waals surface area (Å²) in [5.41, 5.74) is 2.90. The summed E-state index contributed by atoms with van der Waals surface area (Å²) in [6.07, 6.45) is 0.972. The van der Waals surface area contributed by atoms with Crippen LogP contribution in [-0.4, -0.2) is 18.6 Å². The Kier molecular flexibility index (Phi) is 4.45. The Morgan fingerprint density at radius 3 is 2.20 bits per heavy atom. The molecule has 2 aromatic rings. The molecule has 5 heteroatoms. The lowest BCUT2D eigenvalue weighted by molar-refractivity contribution is 0.0839. The first-order valence-electron chi connectivity index (χ1n) is 8.50. The molecule has 0 saturated heterocycles. The van der Waals surface area contributed by atoms with Gasteiger partial charge in [-0.15, -0.1) is 0 Å². The summed E-state index contributed by atoms with van der Waals surface area (Å²) < 4.78 is 26.9. The molecule has 1 atom stereocenters. The summed E-state index contributed by atoms with van der Waals surface area (Å²) >= 11 is 0. The van der Waals surface area contributed by atoms with Crippen molar-refractivity contribution in [1.82, 2.24) is 4.31 Å². The molecule has 0 bridgehead atoms. The zero-order chi connectivity index (χ0) is 18.4. The monoisotopic (exact) mass is 357 g/mol. The van der Waals surface area contributed by atoms with Crippen molar-refractivity contribution in [2.75, 3.05) is 0 Å². The van der Waals surface area contributed by atoms with Crippen molar-refractivity contribution in [2.45, 2.75) is 45.1 Å². The Hall–Kier alpha value is -2.14. The molecule has 1 unspecified atom stereocenters. The first kappa shape index (κ1) is 17.7. The van der Waals surface area contributed by atoms with Gasteiger partial charge in [-0.05, 0) is 48.9 Å². The molecule has 0 aliphatic carbocycles. The van der Waals surface area contributed by atoms with E-state index in [1.807, 2.05) is 24.3 Å². The number of carbonyl (C=O) groups excluding carboxylic acids is 1. The second kappa shape index (κ2) is 6.30. The molecule has 0 N–H and O–H groups in total. The Labute approximate surface area is 149 Å². The number of sulfonamides is 1. The second-order valence-electron chi connectivity index (χ2n) is 7.07. The molecular weight excluding hydrogens is 334 g/mol. The fraction of sp³-hybridized carbons (Fsp3) is 0.350. The lowest BCUT2D eigenvalue weighted by Crippen LogP contribution is -2.32. The first-order chi connectivity index (χ1) is 11.7. The first-order valence-corrected chi connectivity index (χ1v) is 9.94. The van der Waals surface area contributed by atoms with E-state index in [9.17, 15) is 13.2 Å². The molecule has 2 aromatic carbocycles. The predicted molar refractivity (Wildman–Crippen MR) is 97.9 cm³/mol. The molecule has 0 saturated carbocycles. The van der Waals surface area contributed by atoms with Crippen LogP contribution in [0.1, 0.15) is 53.9 Å². The van der Waals surface area contributed by atoms with Crippen LogP contribution in [0.4, 0.5) is 0 Å². The van der Waals surface area contributed by atoms with E-state index < -0.39 is 22.0 Å². The molecule has 1 aliphatic heterocycles. The summed E-state index contributed by atoms with van der Waals surface area (Å²) in [7, 11) is -3.82. The predicted octanol–water partition coefficient (Wildman–Crippen LogP) is 4.10. The third-order valence-electron chi connectivity index (χ3n) is 4.62. The highest BCUT2D eigenvalue weighted by atomic mass is 32.2. The molecule has 0 fully saturated rings. The molecule has 132 valence electrons. The maximum absolute atomic E-state index is 12.9. The van der Waals surface area contributed by atoms with Crippen LogP contribution >= 0.6 is 0 Å². The molecule has 1 amide bonds. The van der Waals surface area contributed by atoms with Gasteiger partial charge in [-0.3, -0.25) is 4.79 Å². The van der Waals surface area contributed by atoms with Crippen LogP contribution in [0.2, 0.25) is 0 Å². The SMILES string of the molecule is Cc1cccc2c1S(=O)(=O)N(C(C)c1ccc(CC(C)C)cc1)C2=O. The minimum atomic E-state index is -3.82. The van der Waals surface area contributed by atoms with Crippen molar-refractivity contribution in [2.24, 2.45) is 5.92 Å². The fourth-order valence-electron chi connectivity index (χ4n) is 3.41. The van der Waals surface area contributed by atoms with E-state index in [-0.39, 0.29) is 10.5 Å². The van der Waals surface area contributed by atoms with Crippen LogP contribution in [0.15, 0.2) is 47.4 Å². The van der Waals surface area contributed by atoms with Crippen molar-refractivity contribution in [3.63, 3.8) is 0 Å². The molecule has 1 heterocycles. The van der Waals surface area contributed by atoms with Crippen molar-refractivity contribution < 1.29 is 13.2 Å². The number of hydrogen-bond acceptors (Lipinski definition) is 3. The average Bonchev–Trinajstić information content (AvgIpc) is 2.74. The summed E-state index contributed by atoms with van der Waals surface area (Å²) in [5, 5.41) is 0. The Morgan fingerprint density at radius 2 is 1.64 bits per heavy atom. The van der Waals surface area contributed by atoms with Gasteiger partial charge in [0.1, 0.15) is 4.90 Å². The third kappa shape index (κ3) is 2.97. The highest BCUT2D eigenvalue weighted by Crippen LogP contribution is 2.38. The number of nitrogens with zero attached hydrogens (tertiary/aromatic N) is 1. The second-order valence-corrected chi connectivity index (χ2v) is 8.82. The standard InChI is InChI=1S/C20H23NO3S/c1-13(2)12-16-8-10-17(11-9-16)15(4)21-20(22)18-7-5-6-14(3)19(18)25(21,23)24/h5-11,13,15H,12H2,1-4H3. The zero-order valence-corrected chi connectivity index (χ0v) is 15.8. The van der Waals surface area contributed by atoms with Crippen molar-refractivity contribution in [3.05, 3.63) is 64.7 Å². The minimum Gasteiger partial charge on any atom is -0.268 e. The van der Waals surface area contributed by atoms with Gasteiger partial charge in [0, 0.05) is 0 Å². The van der Waals surface area contributed by atoms with Gasteiger partial charge in [0.05, 0.1) is 11.6 Å².